The van der Waals surface area contributed by atoms with Crippen molar-refractivity contribution in [3.63, 3.8) is 0 Å². The summed E-state index contributed by atoms with van der Waals surface area (Å²) in [5.41, 5.74) is 4.30. The van der Waals surface area contributed by atoms with Gasteiger partial charge in [-0.2, -0.15) is 0 Å². The summed E-state index contributed by atoms with van der Waals surface area (Å²) in [6, 6.07) is 6.53. The lowest BCUT2D eigenvalue weighted by Gasteiger charge is -2.16. The predicted octanol–water partition coefficient (Wildman–Crippen LogP) is 1.44. The zero-order valence-electron chi connectivity index (χ0n) is 19.9. The first-order chi connectivity index (χ1) is 15.9. The maximum Gasteiger partial charge on any atom is 0.339 e. The van der Waals surface area contributed by atoms with Gasteiger partial charge in [0.15, 0.2) is 6.61 Å². The number of carbonyl (C=O) groups is 3. The highest BCUT2D eigenvalue weighted by Gasteiger charge is 2.24. The summed E-state index contributed by atoms with van der Waals surface area (Å²) in [5.74, 6) is -1.89. The Morgan fingerprint density at radius 1 is 1.12 bits per heavy atom. The number of ether oxygens (including phenoxy) is 1. The van der Waals surface area contributed by atoms with Gasteiger partial charge in [0.2, 0.25) is 11.7 Å². The van der Waals surface area contributed by atoms with Crippen molar-refractivity contribution in [3.8, 4) is 0 Å². The number of Topliss-reactive ketones (excluding diaryl/α,β-unsaturated/α-hetero) is 1. The molecule has 11 heteroatoms. The van der Waals surface area contributed by atoms with Gasteiger partial charge >= 0.3 is 11.7 Å². The first-order valence-electron chi connectivity index (χ1n) is 10.7. The molecule has 0 aliphatic heterocycles. The first-order valence-corrected chi connectivity index (χ1v) is 11.7. The third-order valence-corrected chi connectivity index (χ3v) is 5.73. The van der Waals surface area contributed by atoms with Crippen molar-refractivity contribution >= 4 is 35.2 Å². The summed E-state index contributed by atoms with van der Waals surface area (Å²) in [4.78, 5) is 62.8. The summed E-state index contributed by atoms with van der Waals surface area (Å²) in [7, 11) is 1.26. The van der Waals surface area contributed by atoms with Crippen molar-refractivity contribution in [2.45, 2.75) is 45.2 Å². The Kier molecular flexibility index (Phi) is 9.25. The van der Waals surface area contributed by atoms with Crippen molar-refractivity contribution < 1.29 is 19.1 Å². The third-order valence-electron chi connectivity index (χ3n) is 4.66. The van der Waals surface area contributed by atoms with E-state index >= 15 is 0 Å². The summed E-state index contributed by atoms with van der Waals surface area (Å²) in [5, 5.41) is 2.77. The SMILES string of the molecule is CC(C)Cn1c(N)c(C(=O)COC(=O)c2ccccc2SCC(=O)NC(C)C)c(=O)n(C)c1=O. The van der Waals surface area contributed by atoms with Crippen molar-refractivity contribution in [1.29, 1.82) is 0 Å². The van der Waals surface area contributed by atoms with Crippen LogP contribution in [0, 0.1) is 5.92 Å². The van der Waals surface area contributed by atoms with E-state index in [0.717, 1.165) is 20.9 Å². The van der Waals surface area contributed by atoms with Gasteiger partial charge in [-0.1, -0.05) is 26.0 Å². The van der Waals surface area contributed by atoms with Gasteiger partial charge < -0.3 is 15.8 Å². The van der Waals surface area contributed by atoms with Crippen LogP contribution < -0.4 is 22.3 Å². The normalized spacial score (nSPS) is 11.0. The molecule has 1 amide bonds. The molecule has 0 fully saturated rings. The topological polar surface area (TPSA) is 142 Å². The second-order valence-corrected chi connectivity index (χ2v) is 9.43. The molecular weight excluding hydrogens is 460 g/mol. The molecule has 2 rings (SSSR count). The highest BCUT2D eigenvalue weighted by atomic mass is 32.2. The smallest absolute Gasteiger partial charge is 0.339 e. The molecule has 1 aromatic carbocycles. The molecule has 0 unspecified atom stereocenters. The van der Waals surface area contributed by atoms with Gasteiger partial charge in [-0.05, 0) is 31.9 Å². The Bertz CT molecular complexity index is 1200. The van der Waals surface area contributed by atoms with Crippen LogP contribution in [0.3, 0.4) is 0 Å². The van der Waals surface area contributed by atoms with Gasteiger partial charge in [0, 0.05) is 24.5 Å². The minimum Gasteiger partial charge on any atom is -0.454 e. The average molecular weight is 491 g/mol. The standard InChI is InChI=1S/C23H30N4O6S/c1-13(2)10-27-20(24)19(21(30)26(5)23(27)32)16(28)11-33-22(31)15-8-6-7-9-17(15)34-12-18(29)25-14(3)4/h6-9,13-14H,10-12,24H2,1-5H3,(H,25,29). The molecule has 0 aliphatic carbocycles. The predicted molar refractivity (Wildman–Crippen MR) is 130 cm³/mol. The summed E-state index contributed by atoms with van der Waals surface area (Å²) < 4.78 is 7.13. The fourth-order valence-corrected chi connectivity index (χ4v) is 3.99. The highest BCUT2D eigenvalue weighted by Crippen LogP contribution is 2.23. The molecule has 0 aliphatic rings. The lowest BCUT2D eigenvalue weighted by molar-refractivity contribution is -0.119. The van der Waals surface area contributed by atoms with E-state index in [2.05, 4.69) is 5.32 Å². The lowest BCUT2D eigenvalue weighted by atomic mass is 10.1. The Morgan fingerprint density at radius 3 is 2.38 bits per heavy atom. The molecule has 2 aromatic rings. The molecule has 10 nitrogen and oxygen atoms in total. The van der Waals surface area contributed by atoms with Crippen LogP contribution >= 0.6 is 11.8 Å². The molecule has 1 aromatic heterocycles. The number of rotatable bonds is 10. The number of ketones is 1. The first kappa shape index (κ1) is 26.9. The largest absolute Gasteiger partial charge is 0.454 e. The Balaban J connectivity index is 2.20. The van der Waals surface area contributed by atoms with Crippen LogP contribution in [0.1, 0.15) is 48.4 Å². The highest BCUT2D eigenvalue weighted by molar-refractivity contribution is 8.00. The second-order valence-electron chi connectivity index (χ2n) is 8.42. The quantitative estimate of drug-likeness (QED) is 0.289. The van der Waals surface area contributed by atoms with Crippen molar-refractivity contribution in [2.24, 2.45) is 13.0 Å². The van der Waals surface area contributed by atoms with Crippen LogP contribution in [0.5, 0.6) is 0 Å². The summed E-state index contributed by atoms with van der Waals surface area (Å²) in [6.45, 7) is 6.91. The van der Waals surface area contributed by atoms with Gasteiger partial charge in [-0.15, -0.1) is 11.8 Å². The van der Waals surface area contributed by atoms with E-state index in [-0.39, 0.29) is 41.5 Å². The minimum atomic E-state index is -0.851. The summed E-state index contributed by atoms with van der Waals surface area (Å²) >= 11 is 1.16. The minimum absolute atomic E-state index is 0.00522. The van der Waals surface area contributed by atoms with Crippen LogP contribution in [0.25, 0.3) is 0 Å². The molecule has 0 radical (unpaired) electrons. The molecule has 0 atom stereocenters. The number of hydrogen-bond acceptors (Lipinski definition) is 8. The molecule has 0 saturated heterocycles. The molecule has 0 bridgehead atoms. The third kappa shape index (κ3) is 6.60. The van der Waals surface area contributed by atoms with Gasteiger partial charge in [-0.25, -0.2) is 9.59 Å². The number of benzene rings is 1. The van der Waals surface area contributed by atoms with E-state index in [9.17, 15) is 24.0 Å². The number of nitrogens with two attached hydrogens (primary N) is 1. The Labute approximate surface area is 201 Å². The average Bonchev–Trinajstić information content (AvgIpc) is 2.77. The van der Waals surface area contributed by atoms with E-state index in [0.29, 0.717) is 4.90 Å². The number of esters is 1. The van der Waals surface area contributed by atoms with E-state index in [1.54, 1.807) is 18.2 Å². The molecule has 184 valence electrons. The number of amides is 1. The summed E-state index contributed by atoms with van der Waals surface area (Å²) in [6.07, 6.45) is 0. The van der Waals surface area contributed by atoms with Crippen LogP contribution in [0.15, 0.2) is 38.8 Å². The van der Waals surface area contributed by atoms with Gasteiger partial charge in [0.05, 0.1) is 11.3 Å². The molecule has 3 N–H and O–H groups in total. The van der Waals surface area contributed by atoms with Crippen LogP contribution in [0.4, 0.5) is 5.82 Å². The number of thioether (sulfide) groups is 1. The van der Waals surface area contributed by atoms with Gasteiger partial charge in [0.1, 0.15) is 11.4 Å². The number of carbonyl (C=O) groups excluding carboxylic acids is 3. The maximum absolute atomic E-state index is 12.8. The van der Waals surface area contributed by atoms with Crippen LogP contribution in [0.2, 0.25) is 0 Å². The molecule has 0 spiro atoms. The Morgan fingerprint density at radius 2 is 1.76 bits per heavy atom. The van der Waals surface area contributed by atoms with E-state index in [1.807, 2.05) is 27.7 Å². The molecule has 0 saturated carbocycles. The number of hydrogen-bond donors (Lipinski definition) is 2. The number of aromatic nitrogens is 2. The van der Waals surface area contributed by atoms with Gasteiger partial charge in [0.25, 0.3) is 5.56 Å². The molecule has 34 heavy (non-hydrogen) atoms. The van der Waals surface area contributed by atoms with Gasteiger partial charge in [-0.3, -0.25) is 23.5 Å². The molecule has 1 heterocycles. The zero-order chi connectivity index (χ0) is 25.6. The Hall–Kier alpha value is -3.34. The van der Waals surface area contributed by atoms with E-state index < -0.39 is 35.2 Å². The zero-order valence-corrected chi connectivity index (χ0v) is 20.7. The van der Waals surface area contributed by atoms with E-state index in [1.165, 1.54) is 13.1 Å². The molecular formula is C23H30N4O6S. The van der Waals surface area contributed by atoms with Crippen LogP contribution in [-0.2, 0) is 23.1 Å². The number of nitrogens with one attached hydrogen (secondary N) is 1. The van der Waals surface area contributed by atoms with Crippen molar-refractivity contribution in [3.05, 3.63) is 56.2 Å². The fraction of sp³-hybridized carbons (Fsp3) is 0.435. The fourth-order valence-electron chi connectivity index (χ4n) is 3.14. The van der Waals surface area contributed by atoms with E-state index in [4.69, 9.17) is 10.5 Å². The lowest BCUT2D eigenvalue weighted by Crippen LogP contribution is -2.43. The van der Waals surface area contributed by atoms with Crippen molar-refractivity contribution in [2.75, 3.05) is 18.1 Å². The maximum atomic E-state index is 12.8. The number of nitrogens with zero attached hydrogens (tertiary/aromatic N) is 2. The second kappa shape index (κ2) is 11.7. The van der Waals surface area contributed by atoms with Crippen molar-refractivity contribution in [1.82, 2.24) is 14.5 Å². The monoisotopic (exact) mass is 490 g/mol. The number of nitrogen functional groups attached to an aromatic ring is 1. The van der Waals surface area contributed by atoms with Crippen LogP contribution in [-0.4, -0.2) is 45.2 Å². The number of anilines is 1.